The van der Waals surface area contributed by atoms with E-state index in [1.807, 2.05) is 12.3 Å². The minimum absolute atomic E-state index is 0.184. The Morgan fingerprint density at radius 1 is 1.56 bits per heavy atom. The summed E-state index contributed by atoms with van der Waals surface area (Å²) in [5, 5.41) is 9.24. The summed E-state index contributed by atoms with van der Waals surface area (Å²) < 4.78 is 0. The molecular formula is C13H20N2O. The van der Waals surface area contributed by atoms with Crippen molar-refractivity contribution in [3.8, 4) is 0 Å². The largest absolute Gasteiger partial charge is 0.396 e. The molecule has 0 spiro atoms. The quantitative estimate of drug-likeness (QED) is 0.842. The Morgan fingerprint density at radius 3 is 2.94 bits per heavy atom. The second-order valence-electron chi connectivity index (χ2n) is 5.31. The van der Waals surface area contributed by atoms with Crippen LogP contribution in [0.1, 0.15) is 25.8 Å². The minimum atomic E-state index is 0.184. The Bertz CT molecular complexity index is 337. The Kier molecular flexibility index (Phi) is 3.26. The average Bonchev–Trinajstić information content (AvgIpc) is 2.55. The number of nitrogens with zero attached hydrogens (tertiary/aromatic N) is 2. The average molecular weight is 220 g/mol. The summed E-state index contributed by atoms with van der Waals surface area (Å²) in [5.74, 6) is 0.423. The van der Waals surface area contributed by atoms with Crippen LogP contribution in [0.15, 0.2) is 24.5 Å². The van der Waals surface area contributed by atoms with Gasteiger partial charge in [0.1, 0.15) is 0 Å². The van der Waals surface area contributed by atoms with Crippen molar-refractivity contribution in [1.29, 1.82) is 0 Å². The van der Waals surface area contributed by atoms with Gasteiger partial charge in [0.15, 0.2) is 0 Å². The molecule has 88 valence electrons. The lowest BCUT2D eigenvalue weighted by atomic mass is 9.97. The van der Waals surface area contributed by atoms with Crippen LogP contribution in [0.25, 0.3) is 0 Å². The van der Waals surface area contributed by atoms with Gasteiger partial charge in [0.2, 0.25) is 0 Å². The molecule has 0 amide bonds. The third-order valence-electron chi connectivity index (χ3n) is 3.48. The molecule has 1 N–H and O–H groups in total. The van der Waals surface area contributed by atoms with Gasteiger partial charge >= 0.3 is 0 Å². The molecule has 2 heterocycles. The highest BCUT2D eigenvalue weighted by atomic mass is 16.3. The van der Waals surface area contributed by atoms with E-state index in [2.05, 4.69) is 29.8 Å². The fourth-order valence-corrected chi connectivity index (χ4v) is 2.57. The molecule has 1 fully saturated rings. The van der Waals surface area contributed by atoms with Crippen molar-refractivity contribution >= 4 is 0 Å². The van der Waals surface area contributed by atoms with Gasteiger partial charge in [0.05, 0.1) is 0 Å². The summed E-state index contributed by atoms with van der Waals surface area (Å²) >= 11 is 0. The Balaban J connectivity index is 2.05. The lowest BCUT2D eigenvalue weighted by Gasteiger charge is -2.31. The summed E-state index contributed by atoms with van der Waals surface area (Å²) in [6.07, 6.45) is 4.79. The van der Waals surface area contributed by atoms with E-state index in [4.69, 9.17) is 0 Å². The van der Waals surface area contributed by atoms with E-state index in [0.29, 0.717) is 12.5 Å². The molecule has 3 heteroatoms. The number of aliphatic hydroxyl groups is 1. The van der Waals surface area contributed by atoms with Gasteiger partial charge in [-0.3, -0.25) is 9.88 Å². The summed E-state index contributed by atoms with van der Waals surface area (Å²) in [6.45, 7) is 6.71. The zero-order valence-electron chi connectivity index (χ0n) is 10.1. The number of aromatic nitrogens is 1. The first-order valence-corrected chi connectivity index (χ1v) is 5.86. The van der Waals surface area contributed by atoms with Crippen LogP contribution in [0.5, 0.6) is 0 Å². The zero-order valence-corrected chi connectivity index (χ0v) is 10.1. The number of aliphatic hydroxyl groups excluding tert-OH is 1. The van der Waals surface area contributed by atoms with Gasteiger partial charge in [-0.15, -0.1) is 0 Å². The minimum Gasteiger partial charge on any atom is -0.396 e. The highest BCUT2D eigenvalue weighted by molar-refractivity contribution is 5.10. The van der Waals surface area contributed by atoms with Crippen molar-refractivity contribution < 1.29 is 5.11 Å². The fraction of sp³-hybridized carbons (Fsp3) is 0.615. The molecule has 0 radical (unpaired) electrons. The maximum absolute atomic E-state index is 9.24. The smallest absolute Gasteiger partial charge is 0.0472 e. The number of rotatable bonds is 3. The molecule has 0 aromatic carbocycles. The molecule has 0 bridgehead atoms. The Labute approximate surface area is 97.1 Å². The SMILES string of the molecule is CC1(C)CC(CO)CN1Cc1cccnc1. The lowest BCUT2D eigenvalue weighted by molar-refractivity contribution is 0.164. The molecule has 2 rings (SSSR count). The second-order valence-corrected chi connectivity index (χ2v) is 5.31. The van der Waals surface area contributed by atoms with E-state index in [1.54, 1.807) is 6.20 Å². The van der Waals surface area contributed by atoms with E-state index in [-0.39, 0.29) is 5.54 Å². The van der Waals surface area contributed by atoms with Gasteiger partial charge in [0.25, 0.3) is 0 Å². The standard InChI is InChI=1S/C13H20N2O/c1-13(2)6-12(10-16)9-15(13)8-11-4-3-5-14-7-11/h3-5,7,12,16H,6,8-10H2,1-2H3. The van der Waals surface area contributed by atoms with E-state index < -0.39 is 0 Å². The normalized spacial score (nSPS) is 24.8. The molecule has 1 unspecified atom stereocenters. The van der Waals surface area contributed by atoms with Gasteiger partial charge in [-0.25, -0.2) is 0 Å². The first-order chi connectivity index (χ1) is 7.62. The van der Waals surface area contributed by atoms with Crippen LogP contribution in [0, 0.1) is 5.92 Å². The molecule has 1 aliphatic heterocycles. The van der Waals surface area contributed by atoms with Crippen LogP contribution < -0.4 is 0 Å². The molecule has 1 aromatic rings. The van der Waals surface area contributed by atoms with E-state index in [1.165, 1.54) is 5.56 Å². The van der Waals surface area contributed by atoms with Crippen LogP contribution in [0.3, 0.4) is 0 Å². The van der Waals surface area contributed by atoms with Crippen LogP contribution in [-0.2, 0) is 6.54 Å². The lowest BCUT2D eigenvalue weighted by Crippen LogP contribution is -2.37. The summed E-state index contributed by atoms with van der Waals surface area (Å²) in [5.41, 5.74) is 1.43. The van der Waals surface area contributed by atoms with Crippen LogP contribution in [0.2, 0.25) is 0 Å². The monoisotopic (exact) mass is 220 g/mol. The number of likely N-dealkylation sites (tertiary alicyclic amines) is 1. The van der Waals surface area contributed by atoms with Crippen LogP contribution in [0.4, 0.5) is 0 Å². The molecule has 0 aliphatic carbocycles. The molecular weight excluding hydrogens is 200 g/mol. The third-order valence-corrected chi connectivity index (χ3v) is 3.48. The predicted octanol–water partition coefficient (Wildman–Crippen LogP) is 1.67. The molecule has 3 nitrogen and oxygen atoms in total. The van der Waals surface area contributed by atoms with Gasteiger partial charge < -0.3 is 5.11 Å². The van der Waals surface area contributed by atoms with Crippen molar-refractivity contribution in [2.45, 2.75) is 32.4 Å². The predicted molar refractivity (Wildman–Crippen MR) is 63.9 cm³/mol. The number of hydrogen-bond acceptors (Lipinski definition) is 3. The van der Waals surface area contributed by atoms with Gasteiger partial charge in [0, 0.05) is 37.6 Å². The highest BCUT2D eigenvalue weighted by Gasteiger charge is 2.37. The molecule has 16 heavy (non-hydrogen) atoms. The van der Waals surface area contributed by atoms with E-state index in [9.17, 15) is 5.11 Å². The summed E-state index contributed by atoms with van der Waals surface area (Å²) in [6, 6.07) is 4.08. The summed E-state index contributed by atoms with van der Waals surface area (Å²) in [4.78, 5) is 6.57. The van der Waals surface area contributed by atoms with Gasteiger partial charge in [-0.1, -0.05) is 6.07 Å². The van der Waals surface area contributed by atoms with Gasteiger partial charge in [-0.05, 0) is 37.8 Å². The molecule has 1 aromatic heterocycles. The maximum Gasteiger partial charge on any atom is 0.0472 e. The van der Waals surface area contributed by atoms with Crippen LogP contribution >= 0.6 is 0 Å². The number of pyridine rings is 1. The first kappa shape index (κ1) is 11.6. The number of hydrogen-bond donors (Lipinski definition) is 1. The molecule has 0 saturated carbocycles. The molecule has 1 aliphatic rings. The Morgan fingerprint density at radius 2 is 2.38 bits per heavy atom. The Hall–Kier alpha value is -0.930. The van der Waals surface area contributed by atoms with Crippen molar-refractivity contribution in [3.63, 3.8) is 0 Å². The van der Waals surface area contributed by atoms with Crippen molar-refractivity contribution in [2.24, 2.45) is 5.92 Å². The topological polar surface area (TPSA) is 36.4 Å². The van der Waals surface area contributed by atoms with Crippen LogP contribution in [-0.4, -0.2) is 33.7 Å². The zero-order chi connectivity index (χ0) is 11.6. The van der Waals surface area contributed by atoms with Crippen molar-refractivity contribution in [3.05, 3.63) is 30.1 Å². The second kappa shape index (κ2) is 4.52. The van der Waals surface area contributed by atoms with Gasteiger partial charge in [-0.2, -0.15) is 0 Å². The maximum atomic E-state index is 9.24. The third kappa shape index (κ3) is 2.42. The van der Waals surface area contributed by atoms with E-state index >= 15 is 0 Å². The highest BCUT2D eigenvalue weighted by Crippen LogP contribution is 2.33. The first-order valence-electron chi connectivity index (χ1n) is 5.86. The van der Waals surface area contributed by atoms with Crippen molar-refractivity contribution in [2.75, 3.05) is 13.2 Å². The molecule has 1 atom stereocenters. The summed E-state index contributed by atoms with van der Waals surface area (Å²) in [7, 11) is 0. The van der Waals surface area contributed by atoms with Crippen molar-refractivity contribution in [1.82, 2.24) is 9.88 Å². The fourth-order valence-electron chi connectivity index (χ4n) is 2.57. The molecule has 1 saturated heterocycles. The van der Waals surface area contributed by atoms with E-state index in [0.717, 1.165) is 19.5 Å².